The van der Waals surface area contributed by atoms with Crippen LogP contribution in [-0.4, -0.2) is 20.9 Å². The van der Waals surface area contributed by atoms with Crippen molar-refractivity contribution in [3.63, 3.8) is 0 Å². The molecule has 0 aliphatic carbocycles. The molecule has 3 rings (SSSR count). The minimum atomic E-state index is -2.21. The van der Waals surface area contributed by atoms with Crippen molar-refractivity contribution in [3.8, 4) is 0 Å². The zero-order valence-electron chi connectivity index (χ0n) is 22.8. The van der Waals surface area contributed by atoms with Crippen LogP contribution in [0.1, 0.15) is 87.8 Å². The average Bonchev–Trinajstić information content (AvgIpc) is 3.21. The van der Waals surface area contributed by atoms with E-state index in [1.54, 1.807) is 0 Å². The second-order valence-electron chi connectivity index (χ2n) is 11.6. The van der Waals surface area contributed by atoms with Crippen molar-refractivity contribution < 1.29 is 4.43 Å². The molecule has 1 aliphatic rings. The molecule has 1 unspecified atom stereocenters. The molecule has 0 radical (unpaired) electrons. The first-order valence-electron chi connectivity index (χ1n) is 13.0. The lowest BCUT2D eigenvalue weighted by molar-refractivity contribution is 0.0513. The Kier molecular flexibility index (Phi) is 7.98. The molecule has 2 aromatic carbocycles. The third kappa shape index (κ3) is 4.87. The maximum atomic E-state index is 7.96. The van der Waals surface area contributed by atoms with Gasteiger partial charge in [-0.2, -0.15) is 0 Å². The van der Waals surface area contributed by atoms with Crippen molar-refractivity contribution in [2.45, 2.75) is 110 Å². The maximum absolute atomic E-state index is 7.96. The molecule has 33 heavy (non-hydrogen) atoms. The molecule has 1 N–H and O–H groups in total. The summed E-state index contributed by atoms with van der Waals surface area (Å²) in [6.45, 7) is 24.4. The predicted molar refractivity (Wildman–Crippen MR) is 146 cm³/mol. The number of nitrogens with one attached hydrogen (secondary N) is 1. The second-order valence-corrected chi connectivity index (χ2v) is 16.9. The molecular weight excluding hydrogens is 418 g/mol. The summed E-state index contributed by atoms with van der Waals surface area (Å²) in [6.07, 6.45) is 2.34. The molecule has 1 fully saturated rings. The number of hydrogen-bond acceptors (Lipinski definition) is 2. The molecular formula is C30H47NOSi. The Morgan fingerprint density at radius 1 is 0.727 bits per heavy atom. The third-order valence-corrected chi connectivity index (χ3v) is 14.0. The topological polar surface area (TPSA) is 21.3 Å². The van der Waals surface area contributed by atoms with Crippen molar-refractivity contribution >= 4 is 8.32 Å². The minimum absolute atomic E-state index is 0.267. The first kappa shape index (κ1) is 26.2. The molecule has 2 aromatic rings. The van der Waals surface area contributed by atoms with Gasteiger partial charge in [-0.05, 0) is 74.8 Å². The van der Waals surface area contributed by atoms with E-state index >= 15 is 0 Å². The Morgan fingerprint density at radius 2 is 1.12 bits per heavy atom. The lowest BCUT2D eigenvalue weighted by Gasteiger charge is -2.52. The highest BCUT2D eigenvalue weighted by atomic mass is 28.4. The van der Waals surface area contributed by atoms with Crippen molar-refractivity contribution in [2.24, 2.45) is 0 Å². The first-order valence-corrected chi connectivity index (χ1v) is 15.2. The largest absolute Gasteiger partial charge is 0.401 e. The van der Waals surface area contributed by atoms with Gasteiger partial charge in [-0.3, -0.25) is 0 Å². The quantitative estimate of drug-likeness (QED) is 0.397. The fourth-order valence-corrected chi connectivity index (χ4v) is 12.4. The Balaban J connectivity index is 2.43. The van der Waals surface area contributed by atoms with Gasteiger partial charge in [-0.15, -0.1) is 0 Å². The summed E-state index contributed by atoms with van der Waals surface area (Å²) in [5, 5.41) is 3.91. The maximum Gasteiger partial charge on any atom is 0.202 e. The van der Waals surface area contributed by atoms with E-state index in [0.717, 1.165) is 13.0 Å². The summed E-state index contributed by atoms with van der Waals surface area (Å²) in [7, 11) is -2.21. The molecule has 0 spiro atoms. The van der Waals surface area contributed by atoms with Crippen LogP contribution in [0.2, 0.25) is 16.6 Å². The normalized spacial score (nSPS) is 17.5. The van der Waals surface area contributed by atoms with Crippen LogP contribution >= 0.6 is 0 Å². The highest BCUT2D eigenvalue weighted by Gasteiger charge is 2.55. The molecule has 0 bridgehead atoms. The van der Waals surface area contributed by atoms with Gasteiger partial charge in [0.15, 0.2) is 0 Å². The highest BCUT2D eigenvalue weighted by molar-refractivity contribution is 6.77. The van der Waals surface area contributed by atoms with Gasteiger partial charge >= 0.3 is 0 Å². The monoisotopic (exact) mass is 465 g/mol. The van der Waals surface area contributed by atoms with Gasteiger partial charge in [-0.25, -0.2) is 0 Å². The van der Waals surface area contributed by atoms with Gasteiger partial charge in [0.1, 0.15) is 5.60 Å². The van der Waals surface area contributed by atoms with Crippen LogP contribution < -0.4 is 5.32 Å². The van der Waals surface area contributed by atoms with E-state index in [4.69, 9.17) is 4.43 Å². The third-order valence-electron chi connectivity index (χ3n) is 7.90. The molecule has 182 valence electrons. The minimum Gasteiger partial charge on any atom is -0.401 e. The standard InChI is InChI=1S/C30H47NOSi/c1-20(2)33(21(3)4,22(5)6)32-30(29-12-11-13-31-29,27-16-23(7)14-24(8)17-27)28-18-25(9)15-26(10)19-28/h14-22,29,31H,11-13H2,1-10H3. The summed E-state index contributed by atoms with van der Waals surface area (Å²) in [5.74, 6) is 0. The lowest BCUT2D eigenvalue weighted by Crippen LogP contribution is -2.59. The summed E-state index contributed by atoms with van der Waals surface area (Å²) in [5.41, 5.74) is 8.97. The summed E-state index contributed by atoms with van der Waals surface area (Å²) in [4.78, 5) is 0. The zero-order valence-corrected chi connectivity index (χ0v) is 23.8. The van der Waals surface area contributed by atoms with Gasteiger partial charge in [0, 0.05) is 6.04 Å². The zero-order chi connectivity index (χ0) is 24.6. The smallest absolute Gasteiger partial charge is 0.202 e. The Labute approximate surface area is 204 Å². The lowest BCUT2D eigenvalue weighted by atomic mass is 9.77. The fourth-order valence-electron chi connectivity index (χ4n) is 6.80. The van der Waals surface area contributed by atoms with Gasteiger partial charge < -0.3 is 9.74 Å². The van der Waals surface area contributed by atoms with E-state index in [-0.39, 0.29) is 6.04 Å². The molecule has 2 nitrogen and oxygen atoms in total. The number of hydrogen-bond donors (Lipinski definition) is 1. The fraction of sp³-hybridized carbons (Fsp3) is 0.600. The SMILES string of the molecule is Cc1cc(C)cc(C(O[Si](C(C)C)(C(C)C)C(C)C)(c2cc(C)cc(C)c2)C2CCCN2)c1. The Bertz CT molecular complexity index is 842. The Morgan fingerprint density at radius 3 is 1.42 bits per heavy atom. The van der Waals surface area contributed by atoms with Crippen molar-refractivity contribution in [1.29, 1.82) is 0 Å². The van der Waals surface area contributed by atoms with E-state index in [0.29, 0.717) is 16.6 Å². The van der Waals surface area contributed by atoms with Crippen LogP contribution in [0.3, 0.4) is 0 Å². The summed E-state index contributed by atoms with van der Waals surface area (Å²) in [6, 6.07) is 14.4. The predicted octanol–water partition coefficient (Wildman–Crippen LogP) is 8.11. The van der Waals surface area contributed by atoms with E-state index in [1.165, 1.54) is 39.8 Å². The molecule has 3 heteroatoms. The average molecular weight is 466 g/mol. The van der Waals surface area contributed by atoms with E-state index in [1.807, 2.05) is 0 Å². The second kappa shape index (κ2) is 10.1. The molecule has 0 saturated carbocycles. The molecule has 1 saturated heterocycles. The van der Waals surface area contributed by atoms with Crippen molar-refractivity contribution in [2.75, 3.05) is 6.54 Å². The number of rotatable bonds is 8. The summed E-state index contributed by atoms with van der Waals surface area (Å²) < 4.78 is 7.96. The molecule has 1 heterocycles. The molecule has 0 amide bonds. The van der Waals surface area contributed by atoms with Crippen LogP contribution in [0.4, 0.5) is 0 Å². The van der Waals surface area contributed by atoms with Gasteiger partial charge in [0.25, 0.3) is 0 Å². The van der Waals surface area contributed by atoms with E-state index < -0.39 is 13.9 Å². The van der Waals surface area contributed by atoms with Crippen molar-refractivity contribution in [3.05, 3.63) is 69.8 Å². The number of aryl methyl sites for hydroxylation is 4. The van der Waals surface area contributed by atoms with E-state index in [9.17, 15) is 0 Å². The van der Waals surface area contributed by atoms with E-state index in [2.05, 4.69) is 111 Å². The van der Waals surface area contributed by atoms with Gasteiger partial charge in [-0.1, -0.05) is 100 Å². The first-order chi connectivity index (χ1) is 15.4. The highest BCUT2D eigenvalue weighted by Crippen LogP contribution is 2.51. The van der Waals surface area contributed by atoms with Crippen molar-refractivity contribution in [1.82, 2.24) is 5.32 Å². The van der Waals surface area contributed by atoms with Crippen LogP contribution in [0.25, 0.3) is 0 Å². The van der Waals surface area contributed by atoms with Gasteiger partial charge in [0.05, 0.1) is 0 Å². The molecule has 0 aromatic heterocycles. The van der Waals surface area contributed by atoms with Crippen LogP contribution in [-0.2, 0) is 10.0 Å². The van der Waals surface area contributed by atoms with Crippen LogP contribution in [0.15, 0.2) is 36.4 Å². The number of benzene rings is 2. The molecule has 1 atom stereocenters. The van der Waals surface area contributed by atoms with Gasteiger partial charge in [0.2, 0.25) is 8.32 Å². The van der Waals surface area contributed by atoms with Crippen LogP contribution in [0, 0.1) is 27.7 Å². The summed E-state index contributed by atoms with van der Waals surface area (Å²) >= 11 is 0. The molecule has 1 aliphatic heterocycles. The van der Waals surface area contributed by atoms with Crippen LogP contribution in [0.5, 0.6) is 0 Å². The Hall–Kier alpha value is -1.42.